The first-order valence-corrected chi connectivity index (χ1v) is 6.04. The van der Waals surface area contributed by atoms with Crippen molar-refractivity contribution >= 4 is 17.9 Å². The van der Waals surface area contributed by atoms with Gasteiger partial charge >= 0.3 is 0 Å². The molecule has 2 rings (SSSR count). The number of hydrogen-bond donors (Lipinski definition) is 1. The van der Waals surface area contributed by atoms with Gasteiger partial charge in [-0.1, -0.05) is 29.8 Å². The third-order valence-corrected chi connectivity index (χ3v) is 2.91. The van der Waals surface area contributed by atoms with Gasteiger partial charge in [0.2, 0.25) is 0 Å². The summed E-state index contributed by atoms with van der Waals surface area (Å²) in [5.41, 5.74) is 3.86. The van der Waals surface area contributed by atoms with Crippen molar-refractivity contribution in [3.8, 4) is 0 Å². The molecule has 0 saturated carbocycles. The van der Waals surface area contributed by atoms with Crippen LogP contribution in [0.5, 0.6) is 0 Å². The quantitative estimate of drug-likeness (QED) is 0.852. The Morgan fingerprint density at radius 3 is 2.58 bits per heavy atom. The van der Waals surface area contributed by atoms with Crippen molar-refractivity contribution in [3.63, 3.8) is 0 Å². The molecule has 19 heavy (non-hydrogen) atoms. The molecule has 0 aliphatic rings. The van der Waals surface area contributed by atoms with Crippen molar-refractivity contribution in [2.75, 3.05) is 5.32 Å². The molecule has 96 valence electrons. The van der Waals surface area contributed by atoms with Crippen LogP contribution in [0, 0.1) is 13.8 Å². The van der Waals surface area contributed by atoms with E-state index in [9.17, 15) is 9.59 Å². The molecular formula is C16H15NO2. The molecule has 0 radical (unpaired) electrons. The van der Waals surface area contributed by atoms with Crippen LogP contribution in [0.3, 0.4) is 0 Å². The Kier molecular flexibility index (Phi) is 3.76. The molecule has 1 N–H and O–H groups in total. The third-order valence-electron chi connectivity index (χ3n) is 2.91. The van der Waals surface area contributed by atoms with E-state index in [4.69, 9.17) is 0 Å². The molecule has 0 spiro atoms. The van der Waals surface area contributed by atoms with E-state index < -0.39 is 0 Å². The molecule has 0 aliphatic heterocycles. The van der Waals surface area contributed by atoms with Gasteiger partial charge in [0, 0.05) is 16.8 Å². The van der Waals surface area contributed by atoms with E-state index in [2.05, 4.69) is 5.32 Å². The highest BCUT2D eigenvalue weighted by atomic mass is 16.1. The summed E-state index contributed by atoms with van der Waals surface area (Å²) < 4.78 is 0. The largest absolute Gasteiger partial charge is 0.322 e. The second-order valence-electron chi connectivity index (χ2n) is 4.52. The van der Waals surface area contributed by atoms with Crippen LogP contribution < -0.4 is 5.32 Å². The van der Waals surface area contributed by atoms with Gasteiger partial charge in [-0.25, -0.2) is 0 Å². The zero-order chi connectivity index (χ0) is 13.8. The number of anilines is 1. The highest BCUT2D eigenvalue weighted by Crippen LogP contribution is 2.14. The smallest absolute Gasteiger partial charge is 0.255 e. The number of aldehydes is 1. The number of carbonyl (C=O) groups is 2. The lowest BCUT2D eigenvalue weighted by Gasteiger charge is -2.08. The van der Waals surface area contributed by atoms with Crippen LogP contribution in [-0.2, 0) is 0 Å². The Labute approximate surface area is 112 Å². The number of rotatable bonds is 3. The van der Waals surface area contributed by atoms with Gasteiger partial charge in [0.25, 0.3) is 5.91 Å². The van der Waals surface area contributed by atoms with E-state index in [-0.39, 0.29) is 5.91 Å². The van der Waals surface area contributed by atoms with E-state index in [1.165, 1.54) is 0 Å². The first kappa shape index (κ1) is 13.0. The van der Waals surface area contributed by atoms with Crippen LogP contribution in [0.15, 0.2) is 42.5 Å². The predicted octanol–water partition coefficient (Wildman–Crippen LogP) is 3.37. The van der Waals surface area contributed by atoms with Crippen molar-refractivity contribution in [1.29, 1.82) is 0 Å². The number of amides is 1. The SMILES string of the molecule is Cc1ccc(C(=O)Nc2cccc(C=O)c2)c(C)c1. The van der Waals surface area contributed by atoms with Gasteiger partial charge in [-0.05, 0) is 37.6 Å². The van der Waals surface area contributed by atoms with Crippen LogP contribution in [0.4, 0.5) is 5.69 Å². The van der Waals surface area contributed by atoms with Gasteiger partial charge in [-0.15, -0.1) is 0 Å². The van der Waals surface area contributed by atoms with Crippen molar-refractivity contribution in [2.45, 2.75) is 13.8 Å². The summed E-state index contributed by atoms with van der Waals surface area (Å²) in [6.07, 6.45) is 0.757. The van der Waals surface area contributed by atoms with Crippen molar-refractivity contribution in [3.05, 3.63) is 64.7 Å². The Morgan fingerprint density at radius 1 is 1.11 bits per heavy atom. The fraction of sp³-hybridized carbons (Fsp3) is 0.125. The summed E-state index contributed by atoms with van der Waals surface area (Å²) in [7, 11) is 0. The number of aryl methyl sites for hydroxylation is 2. The lowest BCUT2D eigenvalue weighted by molar-refractivity contribution is 0.102. The Morgan fingerprint density at radius 2 is 1.89 bits per heavy atom. The monoisotopic (exact) mass is 253 g/mol. The van der Waals surface area contributed by atoms with Crippen LogP contribution in [0.25, 0.3) is 0 Å². The maximum absolute atomic E-state index is 12.1. The van der Waals surface area contributed by atoms with E-state index in [1.54, 1.807) is 24.3 Å². The maximum Gasteiger partial charge on any atom is 0.255 e. The molecule has 3 nitrogen and oxygen atoms in total. The summed E-state index contributed by atoms with van der Waals surface area (Å²) in [4.78, 5) is 22.8. The second kappa shape index (κ2) is 5.48. The zero-order valence-electron chi connectivity index (χ0n) is 10.9. The molecular weight excluding hydrogens is 238 g/mol. The molecule has 0 atom stereocenters. The highest BCUT2D eigenvalue weighted by Gasteiger charge is 2.09. The lowest BCUT2D eigenvalue weighted by Crippen LogP contribution is -2.13. The van der Waals surface area contributed by atoms with Crippen LogP contribution in [-0.4, -0.2) is 12.2 Å². The average molecular weight is 253 g/mol. The van der Waals surface area contributed by atoms with Crippen molar-refractivity contribution < 1.29 is 9.59 Å². The van der Waals surface area contributed by atoms with Crippen molar-refractivity contribution in [1.82, 2.24) is 0 Å². The Bertz CT molecular complexity index is 632. The van der Waals surface area contributed by atoms with Gasteiger partial charge in [-0.2, -0.15) is 0 Å². The molecule has 2 aromatic rings. The Balaban J connectivity index is 2.22. The van der Waals surface area contributed by atoms with Gasteiger partial charge in [0.05, 0.1) is 0 Å². The number of hydrogen-bond acceptors (Lipinski definition) is 2. The number of nitrogens with one attached hydrogen (secondary N) is 1. The fourth-order valence-electron chi connectivity index (χ4n) is 1.96. The summed E-state index contributed by atoms with van der Waals surface area (Å²) in [5, 5.41) is 2.80. The first-order valence-electron chi connectivity index (χ1n) is 6.04. The van der Waals surface area contributed by atoms with Gasteiger partial charge in [0.1, 0.15) is 6.29 Å². The fourth-order valence-corrected chi connectivity index (χ4v) is 1.96. The van der Waals surface area contributed by atoms with Gasteiger partial charge in [-0.3, -0.25) is 9.59 Å². The molecule has 0 bridgehead atoms. The first-order chi connectivity index (χ1) is 9.10. The third kappa shape index (κ3) is 3.07. The molecule has 2 aromatic carbocycles. The molecule has 0 aliphatic carbocycles. The minimum atomic E-state index is -0.166. The highest BCUT2D eigenvalue weighted by molar-refractivity contribution is 6.05. The van der Waals surface area contributed by atoms with Crippen LogP contribution in [0.2, 0.25) is 0 Å². The summed E-state index contributed by atoms with van der Waals surface area (Å²) >= 11 is 0. The molecule has 0 saturated heterocycles. The molecule has 0 unspecified atom stereocenters. The zero-order valence-corrected chi connectivity index (χ0v) is 10.9. The average Bonchev–Trinajstić information content (AvgIpc) is 2.38. The molecule has 0 heterocycles. The predicted molar refractivity (Wildman–Crippen MR) is 75.7 cm³/mol. The normalized spacial score (nSPS) is 10.0. The van der Waals surface area contributed by atoms with E-state index in [1.807, 2.05) is 32.0 Å². The second-order valence-corrected chi connectivity index (χ2v) is 4.52. The van der Waals surface area contributed by atoms with E-state index in [0.29, 0.717) is 16.8 Å². The number of carbonyl (C=O) groups excluding carboxylic acids is 2. The summed E-state index contributed by atoms with van der Waals surface area (Å²) in [5.74, 6) is -0.166. The van der Waals surface area contributed by atoms with E-state index >= 15 is 0 Å². The van der Waals surface area contributed by atoms with Gasteiger partial charge < -0.3 is 5.32 Å². The van der Waals surface area contributed by atoms with Crippen LogP contribution in [0.1, 0.15) is 31.8 Å². The van der Waals surface area contributed by atoms with Gasteiger partial charge in [0.15, 0.2) is 0 Å². The minimum absolute atomic E-state index is 0.166. The van der Waals surface area contributed by atoms with Crippen molar-refractivity contribution in [2.24, 2.45) is 0 Å². The Hall–Kier alpha value is -2.42. The standard InChI is InChI=1S/C16H15NO2/c1-11-6-7-15(12(2)8-11)16(19)17-14-5-3-4-13(9-14)10-18/h3-10H,1-2H3,(H,17,19). The van der Waals surface area contributed by atoms with E-state index in [0.717, 1.165) is 17.4 Å². The lowest BCUT2D eigenvalue weighted by atomic mass is 10.1. The minimum Gasteiger partial charge on any atom is -0.322 e. The molecule has 1 amide bonds. The molecule has 0 aromatic heterocycles. The molecule has 0 fully saturated rings. The summed E-state index contributed by atoms with van der Waals surface area (Å²) in [6, 6.07) is 12.5. The molecule has 3 heteroatoms. The number of benzene rings is 2. The topological polar surface area (TPSA) is 46.2 Å². The summed E-state index contributed by atoms with van der Waals surface area (Å²) in [6.45, 7) is 3.89. The maximum atomic E-state index is 12.1. The van der Waals surface area contributed by atoms with Crippen LogP contribution >= 0.6 is 0 Å².